The summed E-state index contributed by atoms with van der Waals surface area (Å²) in [4.78, 5) is 3.98. The Kier molecular flexibility index (Phi) is 3.08. The molecule has 3 rings (SSSR count). The lowest BCUT2D eigenvalue weighted by Crippen LogP contribution is -2.00. The van der Waals surface area contributed by atoms with E-state index in [1.165, 1.54) is 5.56 Å². The smallest absolute Gasteiger partial charge is 0.243 e. The van der Waals surface area contributed by atoms with Crippen LogP contribution in [0.1, 0.15) is 11.1 Å². The van der Waals surface area contributed by atoms with Crippen molar-refractivity contribution in [3.8, 4) is 5.69 Å². The first kappa shape index (κ1) is 12.2. The van der Waals surface area contributed by atoms with E-state index in [1.54, 1.807) is 0 Å². The minimum atomic E-state index is 0.295. The van der Waals surface area contributed by atoms with Gasteiger partial charge in [0.25, 0.3) is 0 Å². The van der Waals surface area contributed by atoms with E-state index in [4.69, 9.17) is 5.73 Å². The highest BCUT2D eigenvalue weighted by Gasteiger charge is 2.04. The monoisotopic (exact) mass is 269 g/mol. The Morgan fingerprint density at radius 2 is 2.20 bits per heavy atom. The molecule has 0 fully saturated rings. The van der Waals surface area contributed by atoms with Gasteiger partial charge in [0.2, 0.25) is 11.9 Å². The number of aryl methyl sites for hydroxylation is 1. The maximum Gasteiger partial charge on any atom is 0.243 e. The van der Waals surface area contributed by atoms with E-state index < -0.39 is 0 Å². The number of benzene rings is 1. The summed E-state index contributed by atoms with van der Waals surface area (Å²) in [6.07, 6.45) is 3.79. The predicted molar refractivity (Wildman–Crippen MR) is 76.4 cm³/mol. The molecule has 7 nitrogen and oxygen atoms in total. The van der Waals surface area contributed by atoms with Crippen molar-refractivity contribution in [2.75, 3.05) is 11.1 Å². The highest BCUT2D eigenvalue weighted by Crippen LogP contribution is 2.13. The van der Waals surface area contributed by atoms with Gasteiger partial charge in [0, 0.05) is 18.3 Å². The van der Waals surface area contributed by atoms with Gasteiger partial charge in [-0.1, -0.05) is 18.2 Å². The highest BCUT2D eigenvalue weighted by atomic mass is 15.3. The molecule has 0 aliphatic heterocycles. The van der Waals surface area contributed by atoms with E-state index in [2.05, 4.69) is 38.6 Å². The molecule has 2 heterocycles. The first-order valence-corrected chi connectivity index (χ1v) is 6.23. The maximum atomic E-state index is 5.46. The fourth-order valence-electron chi connectivity index (χ4n) is 1.94. The number of anilines is 2. The number of nitrogen functional groups attached to an aromatic ring is 1. The van der Waals surface area contributed by atoms with E-state index in [0.717, 1.165) is 11.3 Å². The van der Waals surface area contributed by atoms with Gasteiger partial charge >= 0.3 is 0 Å². The number of rotatable bonds is 4. The second-order valence-corrected chi connectivity index (χ2v) is 4.48. The van der Waals surface area contributed by atoms with E-state index in [-0.39, 0.29) is 0 Å². The van der Waals surface area contributed by atoms with Crippen LogP contribution in [0.3, 0.4) is 0 Å². The Bertz CT molecular complexity index is 713. The summed E-state index contributed by atoms with van der Waals surface area (Å²) in [7, 11) is 0. The van der Waals surface area contributed by atoms with Crippen LogP contribution in [0, 0.1) is 6.92 Å². The van der Waals surface area contributed by atoms with Crippen molar-refractivity contribution in [2.45, 2.75) is 13.5 Å². The molecule has 0 aliphatic carbocycles. The first-order chi connectivity index (χ1) is 9.72. The van der Waals surface area contributed by atoms with Crippen molar-refractivity contribution >= 4 is 11.9 Å². The molecule has 4 N–H and O–H groups in total. The molecule has 3 aromatic rings. The van der Waals surface area contributed by atoms with Gasteiger partial charge in [-0.05, 0) is 18.6 Å². The Hall–Kier alpha value is -2.83. The van der Waals surface area contributed by atoms with Crippen molar-refractivity contribution in [2.24, 2.45) is 0 Å². The van der Waals surface area contributed by atoms with Crippen LogP contribution in [0.5, 0.6) is 0 Å². The first-order valence-electron chi connectivity index (χ1n) is 6.23. The van der Waals surface area contributed by atoms with E-state index in [9.17, 15) is 0 Å². The summed E-state index contributed by atoms with van der Waals surface area (Å²) in [5.41, 5.74) is 8.75. The molecule has 0 saturated heterocycles. The number of hydrogen-bond donors (Lipinski definition) is 3. The Labute approximate surface area is 115 Å². The van der Waals surface area contributed by atoms with Crippen molar-refractivity contribution in [3.05, 3.63) is 47.8 Å². The van der Waals surface area contributed by atoms with Gasteiger partial charge in [0.1, 0.15) is 0 Å². The Morgan fingerprint density at radius 3 is 2.95 bits per heavy atom. The molecule has 0 amide bonds. The lowest BCUT2D eigenvalue weighted by molar-refractivity contribution is 0.872. The number of nitrogens with two attached hydrogens (primary N) is 1. The van der Waals surface area contributed by atoms with E-state index in [0.29, 0.717) is 18.4 Å². The molecule has 0 unspecified atom stereocenters. The zero-order valence-electron chi connectivity index (χ0n) is 11.0. The molecule has 7 heteroatoms. The molecule has 0 aliphatic rings. The zero-order valence-corrected chi connectivity index (χ0v) is 11.0. The second-order valence-electron chi connectivity index (χ2n) is 4.48. The van der Waals surface area contributed by atoms with Crippen LogP contribution in [0.4, 0.5) is 11.9 Å². The summed E-state index contributed by atoms with van der Waals surface area (Å²) in [6, 6.07) is 8.11. The summed E-state index contributed by atoms with van der Waals surface area (Å²) in [5, 5.41) is 13.9. The quantitative estimate of drug-likeness (QED) is 0.666. The molecule has 20 heavy (non-hydrogen) atoms. The van der Waals surface area contributed by atoms with Crippen molar-refractivity contribution in [3.63, 3.8) is 0 Å². The molecule has 0 saturated carbocycles. The lowest BCUT2D eigenvalue weighted by atomic mass is 10.2. The molecule has 0 atom stereocenters. The van der Waals surface area contributed by atoms with Gasteiger partial charge in [-0.2, -0.15) is 10.1 Å². The van der Waals surface area contributed by atoms with E-state index in [1.807, 2.05) is 35.3 Å². The maximum absolute atomic E-state index is 5.46. The standard InChI is InChI=1S/C13H15N7/c1-9-4-2-3-5-11(9)20-8-10(7-16-20)6-15-13-17-12(14)18-19-13/h2-5,7-8H,6H2,1H3,(H4,14,15,17,18,19). The van der Waals surface area contributed by atoms with Gasteiger partial charge < -0.3 is 11.1 Å². The molecule has 0 spiro atoms. The topological polar surface area (TPSA) is 97.4 Å². The third-order valence-electron chi connectivity index (χ3n) is 2.95. The normalized spacial score (nSPS) is 10.7. The number of aromatic amines is 1. The summed E-state index contributed by atoms with van der Waals surface area (Å²) < 4.78 is 1.86. The highest BCUT2D eigenvalue weighted by molar-refractivity contribution is 5.40. The molecule has 1 aromatic carbocycles. The van der Waals surface area contributed by atoms with Crippen molar-refractivity contribution in [1.29, 1.82) is 0 Å². The van der Waals surface area contributed by atoms with Crippen LogP contribution >= 0.6 is 0 Å². The van der Waals surface area contributed by atoms with Crippen LogP contribution in [0.25, 0.3) is 5.69 Å². The SMILES string of the molecule is Cc1ccccc1-n1cc(CNc2n[nH]c(N)n2)cn1. The number of aromatic nitrogens is 5. The average molecular weight is 269 g/mol. The number of nitrogens with zero attached hydrogens (tertiary/aromatic N) is 4. The van der Waals surface area contributed by atoms with Gasteiger partial charge in [0.15, 0.2) is 0 Å². The van der Waals surface area contributed by atoms with Gasteiger partial charge in [-0.3, -0.25) is 0 Å². The number of H-pyrrole nitrogens is 1. The zero-order chi connectivity index (χ0) is 13.9. The van der Waals surface area contributed by atoms with Crippen LogP contribution in [0.2, 0.25) is 0 Å². The third kappa shape index (κ3) is 2.46. The van der Waals surface area contributed by atoms with Gasteiger partial charge in [-0.25, -0.2) is 9.78 Å². The third-order valence-corrected chi connectivity index (χ3v) is 2.95. The average Bonchev–Trinajstić information content (AvgIpc) is 3.06. The molecule has 0 bridgehead atoms. The molecule has 2 aromatic heterocycles. The summed E-state index contributed by atoms with van der Waals surface area (Å²) in [6.45, 7) is 2.65. The fourth-order valence-corrected chi connectivity index (χ4v) is 1.94. The number of hydrogen-bond acceptors (Lipinski definition) is 5. The van der Waals surface area contributed by atoms with Crippen molar-refractivity contribution in [1.82, 2.24) is 25.0 Å². The minimum Gasteiger partial charge on any atom is -0.368 e. The number of para-hydroxylation sites is 1. The fraction of sp³-hybridized carbons (Fsp3) is 0.154. The van der Waals surface area contributed by atoms with Gasteiger partial charge in [0.05, 0.1) is 11.9 Å². The van der Waals surface area contributed by atoms with Crippen LogP contribution in [-0.2, 0) is 6.54 Å². The van der Waals surface area contributed by atoms with E-state index >= 15 is 0 Å². The van der Waals surface area contributed by atoms with Crippen LogP contribution < -0.4 is 11.1 Å². The largest absolute Gasteiger partial charge is 0.368 e. The van der Waals surface area contributed by atoms with Crippen LogP contribution in [0.15, 0.2) is 36.7 Å². The lowest BCUT2D eigenvalue weighted by Gasteiger charge is -2.04. The Balaban J connectivity index is 1.72. The summed E-state index contributed by atoms with van der Waals surface area (Å²) in [5.74, 6) is 0.772. The number of nitrogens with one attached hydrogen (secondary N) is 2. The van der Waals surface area contributed by atoms with Gasteiger partial charge in [-0.15, -0.1) is 5.10 Å². The Morgan fingerprint density at radius 1 is 1.35 bits per heavy atom. The minimum absolute atomic E-state index is 0.295. The van der Waals surface area contributed by atoms with Crippen molar-refractivity contribution < 1.29 is 0 Å². The van der Waals surface area contributed by atoms with Crippen LogP contribution in [-0.4, -0.2) is 25.0 Å². The summed E-state index contributed by atoms with van der Waals surface area (Å²) >= 11 is 0. The predicted octanol–water partition coefficient (Wildman–Crippen LogP) is 1.49. The molecular weight excluding hydrogens is 254 g/mol. The molecular formula is C13H15N7. The molecule has 0 radical (unpaired) electrons. The second kappa shape index (κ2) is 5.04. The molecule has 102 valence electrons.